The average Bonchev–Trinajstić information content (AvgIpc) is 2.70. The molecule has 0 aliphatic rings. The molecule has 0 bridgehead atoms. The van der Waals surface area contributed by atoms with Crippen LogP contribution in [0.4, 0.5) is 10.1 Å². The molecule has 3 N–H and O–H groups in total. The van der Waals surface area contributed by atoms with Crippen molar-refractivity contribution in [1.29, 1.82) is 0 Å². The van der Waals surface area contributed by atoms with Crippen molar-refractivity contribution >= 4 is 64.8 Å². The van der Waals surface area contributed by atoms with Gasteiger partial charge in [0.05, 0.1) is 23.7 Å². The van der Waals surface area contributed by atoms with Crippen molar-refractivity contribution in [2.24, 2.45) is 5.14 Å². The van der Waals surface area contributed by atoms with Gasteiger partial charge >= 0.3 is 0 Å². The Morgan fingerprint density at radius 1 is 1.29 bits per heavy atom. The first kappa shape index (κ1) is 16.6. The third-order valence-corrected chi connectivity index (χ3v) is 5.67. The Kier molecular flexibility index (Phi) is 4.83. The molecule has 10 heteroatoms. The number of rotatable bonds is 3. The standard InChI is InChI=1S/C11H7Br2FN2O3S2/c12-9-4-6(10(13)20-9)11(17)16-8-3-5(21(15,18)19)1-2-7(8)14/h1-4H,(H,16,17)(H2,15,18,19). The quantitative estimate of drug-likeness (QED) is 0.740. The summed E-state index contributed by atoms with van der Waals surface area (Å²) in [6.07, 6.45) is 0. The SMILES string of the molecule is NS(=O)(=O)c1ccc(F)c(NC(=O)c2cc(Br)sc2Br)c1. The number of sulfonamides is 1. The normalized spacial score (nSPS) is 11.4. The zero-order valence-corrected chi connectivity index (χ0v) is 14.9. The molecule has 21 heavy (non-hydrogen) atoms. The number of nitrogens with one attached hydrogen (secondary N) is 1. The van der Waals surface area contributed by atoms with Crippen molar-refractivity contribution in [3.8, 4) is 0 Å². The maximum Gasteiger partial charge on any atom is 0.257 e. The van der Waals surface area contributed by atoms with Gasteiger partial charge in [0.2, 0.25) is 10.0 Å². The lowest BCUT2D eigenvalue weighted by atomic mass is 10.2. The second kappa shape index (κ2) is 6.13. The number of anilines is 1. The first-order chi connectivity index (χ1) is 9.68. The number of amides is 1. The molecule has 0 fully saturated rings. The molecular weight excluding hydrogens is 451 g/mol. The van der Waals surface area contributed by atoms with Gasteiger partial charge in [-0.05, 0) is 56.1 Å². The number of thiophene rings is 1. The van der Waals surface area contributed by atoms with Gasteiger partial charge in [-0.25, -0.2) is 17.9 Å². The lowest BCUT2D eigenvalue weighted by Gasteiger charge is -2.07. The molecule has 0 saturated carbocycles. The molecule has 2 aromatic rings. The minimum atomic E-state index is -3.98. The van der Waals surface area contributed by atoms with Gasteiger partial charge in [-0.2, -0.15) is 0 Å². The summed E-state index contributed by atoms with van der Waals surface area (Å²) in [6.45, 7) is 0. The summed E-state index contributed by atoms with van der Waals surface area (Å²) in [5, 5.41) is 7.29. The number of carbonyl (C=O) groups is 1. The van der Waals surface area contributed by atoms with Crippen LogP contribution in [0.15, 0.2) is 36.7 Å². The molecule has 0 saturated heterocycles. The van der Waals surface area contributed by atoms with Gasteiger partial charge in [0, 0.05) is 0 Å². The van der Waals surface area contributed by atoms with E-state index in [0.717, 1.165) is 22.0 Å². The van der Waals surface area contributed by atoms with E-state index in [1.54, 1.807) is 6.07 Å². The van der Waals surface area contributed by atoms with Crippen LogP contribution in [0.1, 0.15) is 10.4 Å². The van der Waals surface area contributed by atoms with Crippen molar-refractivity contribution in [2.45, 2.75) is 4.90 Å². The molecule has 0 spiro atoms. The molecule has 1 aromatic carbocycles. The smallest absolute Gasteiger partial charge is 0.257 e. The van der Waals surface area contributed by atoms with E-state index in [1.165, 1.54) is 11.3 Å². The molecule has 5 nitrogen and oxygen atoms in total. The van der Waals surface area contributed by atoms with Crippen LogP contribution in [0, 0.1) is 5.82 Å². The Labute approximate surface area is 140 Å². The average molecular weight is 458 g/mol. The van der Waals surface area contributed by atoms with E-state index in [2.05, 4.69) is 37.2 Å². The molecule has 0 atom stereocenters. The van der Waals surface area contributed by atoms with Gasteiger partial charge in [0.25, 0.3) is 5.91 Å². The minimum absolute atomic E-state index is 0.263. The number of hydrogen-bond acceptors (Lipinski definition) is 4. The molecule has 1 aromatic heterocycles. The number of hydrogen-bond donors (Lipinski definition) is 2. The fourth-order valence-electron chi connectivity index (χ4n) is 1.46. The first-order valence-electron chi connectivity index (χ1n) is 5.27. The highest BCUT2D eigenvalue weighted by Crippen LogP contribution is 2.32. The van der Waals surface area contributed by atoms with E-state index in [4.69, 9.17) is 5.14 Å². The highest BCUT2D eigenvalue weighted by Gasteiger charge is 2.17. The fourth-order valence-corrected chi connectivity index (χ4v) is 4.80. The Bertz CT molecular complexity index is 821. The topological polar surface area (TPSA) is 89.3 Å². The van der Waals surface area contributed by atoms with Gasteiger partial charge in [-0.1, -0.05) is 0 Å². The maximum atomic E-state index is 13.7. The summed E-state index contributed by atoms with van der Waals surface area (Å²) < 4.78 is 37.4. The van der Waals surface area contributed by atoms with Crippen LogP contribution in [0.25, 0.3) is 0 Å². The van der Waals surface area contributed by atoms with E-state index < -0.39 is 21.7 Å². The Hall–Kier alpha value is -0.810. The van der Waals surface area contributed by atoms with Crippen LogP contribution in [-0.4, -0.2) is 14.3 Å². The lowest BCUT2D eigenvalue weighted by Crippen LogP contribution is -2.15. The molecule has 112 valence electrons. The van der Waals surface area contributed by atoms with Crippen LogP contribution in [0.3, 0.4) is 0 Å². The number of benzene rings is 1. The van der Waals surface area contributed by atoms with Gasteiger partial charge in [0.1, 0.15) is 5.82 Å². The highest BCUT2D eigenvalue weighted by atomic mass is 79.9. The molecule has 2 rings (SSSR count). The predicted octanol–water partition coefficient (Wildman–Crippen LogP) is 3.31. The van der Waals surface area contributed by atoms with Crippen LogP contribution in [0.2, 0.25) is 0 Å². The van der Waals surface area contributed by atoms with E-state index in [9.17, 15) is 17.6 Å². The predicted molar refractivity (Wildman–Crippen MR) is 85.4 cm³/mol. The molecular formula is C11H7Br2FN2O3S2. The van der Waals surface area contributed by atoms with E-state index >= 15 is 0 Å². The lowest BCUT2D eigenvalue weighted by molar-refractivity contribution is 0.102. The van der Waals surface area contributed by atoms with E-state index in [0.29, 0.717) is 9.35 Å². The number of carbonyl (C=O) groups excluding carboxylic acids is 1. The van der Waals surface area contributed by atoms with Gasteiger partial charge in [0.15, 0.2) is 0 Å². The minimum Gasteiger partial charge on any atom is -0.319 e. The van der Waals surface area contributed by atoms with Gasteiger partial charge < -0.3 is 5.32 Å². The number of primary sulfonamides is 1. The van der Waals surface area contributed by atoms with Crippen LogP contribution in [0.5, 0.6) is 0 Å². The van der Waals surface area contributed by atoms with E-state index in [1.807, 2.05) is 0 Å². The maximum absolute atomic E-state index is 13.7. The van der Waals surface area contributed by atoms with Crippen molar-refractivity contribution in [1.82, 2.24) is 0 Å². The van der Waals surface area contributed by atoms with Gasteiger partial charge in [-0.3, -0.25) is 4.79 Å². The van der Waals surface area contributed by atoms with Crippen LogP contribution in [-0.2, 0) is 10.0 Å². The fraction of sp³-hybridized carbons (Fsp3) is 0. The van der Waals surface area contributed by atoms with Crippen molar-refractivity contribution in [2.75, 3.05) is 5.32 Å². The van der Waals surface area contributed by atoms with Crippen LogP contribution >= 0.6 is 43.2 Å². The summed E-state index contributed by atoms with van der Waals surface area (Å²) in [5.41, 5.74) is 0.0352. The second-order valence-corrected chi connectivity index (χ2v) is 9.19. The Morgan fingerprint density at radius 3 is 2.48 bits per heavy atom. The Balaban J connectivity index is 2.35. The largest absolute Gasteiger partial charge is 0.319 e. The van der Waals surface area contributed by atoms with Crippen molar-refractivity contribution in [3.63, 3.8) is 0 Å². The Morgan fingerprint density at radius 2 is 1.95 bits per heavy atom. The van der Waals surface area contributed by atoms with Crippen LogP contribution < -0.4 is 10.5 Å². The van der Waals surface area contributed by atoms with E-state index in [-0.39, 0.29) is 10.6 Å². The first-order valence-corrected chi connectivity index (χ1v) is 9.22. The summed E-state index contributed by atoms with van der Waals surface area (Å²) in [6, 6.07) is 4.48. The zero-order chi connectivity index (χ0) is 15.8. The monoisotopic (exact) mass is 456 g/mol. The third-order valence-electron chi connectivity index (χ3n) is 2.42. The molecule has 1 amide bonds. The van der Waals surface area contributed by atoms with Crippen molar-refractivity contribution < 1.29 is 17.6 Å². The molecule has 0 aliphatic heterocycles. The number of halogens is 3. The summed E-state index contributed by atoms with van der Waals surface area (Å²) in [5.74, 6) is -1.34. The molecule has 0 radical (unpaired) electrons. The summed E-state index contributed by atoms with van der Waals surface area (Å²) in [7, 11) is -3.98. The molecule has 0 aliphatic carbocycles. The van der Waals surface area contributed by atoms with Gasteiger partial charge in [-0.15, -0.1) is 11.3 Å². The van der Waals surface area contributed by atoms with Crippen molar-refractivity contribution in [3.05, 3.63) is 43.2 Å². The highest BCUT2D eigenvalue weighted by molar-refractivity contribution is 9.12. The molecule has 1 heterocycles. The number of nitrogens with two attached hydrogens (primary N) is 1. The summed E-state index contributed by atoms with van der Waals surface area (Å²) in [4.78, 5) is 11.8. The second-order valence-electron chi connectivity index (χ2n) is 3.88. The summed E-state index contributed by atoms with van der Waals surface area (Å²) >= 11 is 7.72. The molecule has 0 unspecified atom stereocenters. The zero-order valence-electron chi connectivity index (χ0n) is 10.1. The third kappa shape index (κ3) is 3.89.